The number of carbonyl (C=O) groups excluding carboxylic acids is 1. The van der Waals surface area contributed by atoms with E-state index in [1.807, 2.05) is 31.2 Å². The quantitative estimate of drug-likeness (QED) is 0.924. The number of rotatable bonds is 4. The van der Waals surface area contributed by atoms with Crippen LogP contribution < -0.4 is 10.9 Å². The zero-order chi connectivity index (χ0) is 14.8. The molecule has 2 aromatic rings. The van der Waals surface area contributed by atoms with Gasteiger partial charge in [0.15, 0.2) is 0 Å². The second-order valence-corrected chi connectivity index (χ2v) is 5.42. The smallest absolute Gasteiger partial charge is 0.267 e. The average molecular weight is 283 g/mol. The minimum atomic E-state index is -0.267. The standard InChI is InChI=1S/C16H17N3O2/c1-11-2-4-12(5-3-11)14-8-9-16(21)19(18-14)10-15(20)17-13-6-7-13/h2-5,8-9,13H,6-7,10H2,1H3,(H,17,20). The van der Waals surface area contributed by atoms with Gasteiger partial charge in [0.05, 0.1) is 5.69 Å². The largest absolute Gasteiger partial charge is 0.352 e. The first-order chi connectivity index (χ1) is 10.1. The summed E-state index contributed by atoms with van der Waals surface area (Å²) in [6.07, 6.45) is 2.05. The van der Waals surface area contributed by atoms with Crippen molar-refractivity contribution in [3.8, 4) is 11.3 Å². The SMILES string of the molecule is Cc1ccc(-c2ccc(=O)n(CC(=O)NC3CC3)n2)cc1. The predicted octanol–water partition coefficient (Wildman–Crippen LogP) is 1.50. The van der Waals surface area contributed by atoms with Crippen molar-refractivity contribution in [2.45, 2.75) is 32.4 Å². The van der Waals surface area contributed by atoms with Crippen LogP contribution in [0.3, 0.4) is 0 Å². The molecule has 1 aliphatic rings. The van der Waals surface area contributed by atoms with E-state index in [2.05, 4.69) is 10.4 Å². The molecule has 0 spiro atoms. The van der Waals surface area contributed by atoms with Gasteiger partial charge in [0.25, 0.3) is 5.56 Å². The van der Waals surface area contributed by atoms with Crippen molar-refractivity contribution in [2.24, 2.45) is 0 Å². The van der Waals surface area contributed by atoms with Crippen molar-refractivity contribution in [3.05, 3.63) is 52.3 Å². The Morgan fingerprint density at radius 1 is 1.24 bits per heavy atom. The number of benzene rings is 1. The maximum atomic E-state index is 11.8. The van der Waals surface area contributed by atoms with Gasteiger partial charge in [-0.25, -0.2) is 4.68 Å². The first-order valence-electron chi connectivity index (χ1n) is 7.06. The molecular weight excluding hydrogens is 266 g/mol. The van der Waals surface area contributed by atoms with Gasteiger partial charge in [-0.05, 0) is 25.8 Å². The molecule has 3 rings (SSSR count). The molecule has 0 saturated heterocycles. The Labute approximate surface area is 122 Å². The van der Waals surface area contributed by atoms with E-state index in [9.17, 15) is 9.59 Å². The van der Waals surface area contributed by atoms with E-state index in [0.717, 1.165) is 24.0 Å². The monoisotopic (exact) mass is 283 g/mol. The summed E-state index contributed by atoms with van der Waals surface area (Å²) in [6, 6.07) is 11.3. The van der Waals surface area contributed by atoms with Gasteiger partial charge in [-0.3, -0.25) is 9.59 Å². The molecule has 108 valence electrons. The first-order valence-corrected chi connectivity index (χ1v) is 7.06. The number of carbonyl (C=O) groups is 1. The topological polar surface area (TPSA) is 64.0 Å². The summed E-state index contributed by atoms with van der Waals surface area (Å²) >= 11 is 0. The van der Waals surface area contributed by atoms with E-state index in [0.29, 0.717) is 5.69 Å². The van der Waals surface area contributed by atoms with Gasteiger partial charge in [0, 0.05) is 17.7 Å². The molecule has 5 heteroatoms. The summed E-state index contributed by atoms with van der Waals surface area (Å²) in [5, 5.41) is 7.14. The van der Waals surface area contributed by atoms with Gasteiger partial charge in [0.1, 0.15) is 6.54 Å². The van der Waals surface area contributed by atoms with Crippen molar-refractivity contribution >= 4 is 5.91 Å². The van der Waals surface area contributed by atoms with Crippen molar-refractivity contribution in [1.29, 1.82) is 0 Å². The number of hydrogen-bond donors (Lipinski definition) is 1. The van der Waals surface area contributed by atoms with Gasteiger partial charge >= 0.3 is 0 Å². The van der Waals surface area contributed by atoms with Crippen LogP contribution in [-0.2, 0) is 11.3 Å². The minimum absolute atomic E-state index is 0.0327. The Bertz CT molecular complexity index is 715. The van der Waals surface area contributed by atoms with Crippen LogP contribution in [0.15, 0.2) is 41.2 Å². The second kappa shape index (κ2) is 5.52. The lowest BCUT2D eigenvalue weighted by molar-refractivity contribution is -0.122. The predicted molar refractivity (Wildman–Crippen MR) is 79.8 cm³/mol. The molecule has 1 aromatic heterocycles. The summed E-state index contributed by atoms with van der Waals surface area (Å²) in [5.74, 6) is -0.159. The lowest BCUT2D eigenvalue weighted by atomic mass is 10.1. The van der Waals surface area contributed by atoms with E-state index < -0.39 is 0 Å². The lowest BCUT2D eigenvalue weighted by Gasteiger charge is -2.07. The highest BCUT2D eigenvalue weighted by Crippen LogP contribution is 2.18. The maximum Gasteiger partial charge on any atom is 0.267 e. The van der Waals surface area contributed by atoms with Crippen LogP contribution in [0.1, 0.15) is 18.4 Å². The molecule has 0 radical (unpaired) electrons. The fourth-order valence-corrected chi connectivity index (χ4v) is 2.08. The Morgan fingerprint density at radius 3 is 2.62 bits per heavy atom. The van der Waals surface area contributed by atoms with E-state index >= 15 is 0 Å². The molecule has 0 bridgehead atoms. The third-order valence-electron chi connectivity index (χ3n) is 3.45. The van der Waals surface area contributed by atoms with Crippen LogP contribution in [-0.4, -0.2) is 21.7 Å². The molecule has 0 atom stereocenters. The van der Waals surface area contributed by atoms with Crippen molar-refractivity contribution in [2.75, 3.05) is 0 Å². The molecule has 1 fully saturated rings. The van der Waals surface area contributed by atoms with E-state index in [1.165, 1.54) is 10.7 Å². The summed E-state index contributed by atoms with van der Waals surface area (Å²) in [6.45, 7) is 1.98. The normalized spacial score (nSPS) is 14.0. The number of aromatic nitrogens is 2. The van der Waals surface area contributed by atoms with Crippen molar-refractivity contribution in [1.82, 2.24) is 15.1 Å². The Balaban J connectivity index is 1.83. The molecule has 1 heterocycles. The summed E-state index contributed by atoms with van der Waals surface area (Å²) in [7, 11) is 0. The summed E-state index contributed by atoms with van der Waals surface area (Å²) in [4.78, 5) is 23.6. The van der Waals surface area contributed by atoms with Crippen LogP contribution >= 0.6 is 0 Å². The molecule has 1 amide bonds. The zero-order valence-corrected chi connectivity index (χ0v) is 11.9. The van der Waals surface area contributed by atoms with Crippen LogP contribution in [0, 0.1) is 6.92 Å². The van der Waals surface area contributed by atoms with Gasteiger partial charge < -0.3 is 5.32 Å². The Hall–Kier alpha value is -2.43. The highest BCUT2D eigenvalue weighted by molar-refractivity contribution is 5.76. The number of nitrogens with zero attached hydrogens (tertiary/aromatic N) is 2. The van der Waals surface area contributed by atoms with Crippen LogP contribution in [0.25, 0.3) is 11.3 Å². The Kier molecular flexibility index (Phi) is 3.56. The third-order valence-corrected chi connectivity index (χ3v) is 3.45. The highest BCUT2D eigenvalue weighted by atomic mass is 16.2. The molecule has 0 aliphatic heterocycles. The van der Waals surface area contributed by atoms with E-state index in [1.54, 1.807) is 6.07 Å². The van der Waals surface area contributed by atoms with Crippen LogP contribution in [0.5, 0.6) is 0 Å². The summed E-state index contributed by atoms with van der Waals surface area (Å²) in [5.41, 5.74) is 2.51. The molecule has 5 nitrogen and oxygen atoms in total. The van der Waals surface area contributed by atoms with Gasteiger partial charge in [0.2, 0.25) is 5.91 Å². The molecule has 21 heavy (non-hydrogen) atoms. The minimum Gasteiger partial charge on any atom is -0.352 e. The molecule has 0 unspecified atom stereocenters. The van der Waals surface area contributed by atoms with E-state index in [-0.39, 0.29) is 24.1 Å². The fourth-order valence-electron chi connectivity index (χ4n) is 2.08. The summed E-state index contributed by atoms with van der Waals surface area (Å²) < 4.78 is 1.22. The number of nitrogens with one attached hydrogen (secondary N) is 1. The first kappa shape index (κ1) is 13.5. The molecular formula is C16H17N3O2. The number of aryl methyl sites for hydroxylation is 1. The Morgan fingerprint density at radius 2 is 1.95 bits per heavy atom. The fraction of sp³-hybridized carbons (Fsp3) is 0.312. The molecule has 1 saturated carbocycles. The van der Waals surface area contributed by atoms with Crippen molar-refractivity contribution in [3.63, 3.8) is 0 Å². The maximum absolute atomic E-state index is 11.8. The van der Waals surface area contributed by atoms with Crippen LogP contribution in [0.4, 0.5) is 0 Å². The molecule has 1 aromatic carbocycles. The van der Waals surface area contributed by atoms with Gasteiger partial charge in [-0.2, -0.15) is 5.10 Å². The third kappa shape index (κ3) is 3.37. The zero-order valence-electron chi connectivity index (χ0n) is 11.9. The molecule has 1 N–H and O–H groups in total. The van der Waals surface area contributed by atoms with Crippen LogP contribution in [0.2, 0.25) is 0 Å². The van der Waals surface area contributed by atoms with Crippen molar-refractivity contribution < 1.29 is 4.79 Å². The van der Waals surface area contributed by atoms with Gasteiger partial charge in [-0.1, -0.05) is 29.8 Å². The second-order valence-electron chi connectivity index (χ2n) is 5.42. The lowest BCUT2D eigenvalue weighted by Crippen LogP contribution is -2.34. The van der Waals surface area contributed by atoms with Gasteiger partial charge in [-0.15, -0.1) is 0 Å². The number of amides is 1. The highest BCUT2D eigenvalue weighted by Gasteiger charge is 2.23. The average Bonchev–Trinajstić information content (AvgIpc) is 3.26. The number of hydrogen-bond acceptors (Lipinski definition) is 3. The van der Waals surface area contributed by atoms with E-state index in [4.69, 9.17) is 0 Å². The molecule has 1 aliphatic carbocycles.